The first-order valence-electron chi connectivity index (χ1n) is 5.60. The Kier molecular flexibility index (Phi) is 14.4. The van der Waals surface area contributed by atoms with Crippen molar-refractivity contribution in [3.63, 3.8) is 0 Å². The van der Waals surface area contributed by atoms with Crippen molar-refractivity contribution in [2.45, 2.75) is 34.6 Å². The van der Waals surface area contributed by atoms with Gasteiger partial charge in [0.05, 0.1) is 0 Å². The first kappa shape index (κ1) is 23.8. The first-order chi connectivity index (χ1) is 7.55. The second kappa shape index (κ2) is 11.5. The van der Waals surface area contributed by atoms with Crippen molar-refractivity contribution in [3.8, 4) is 0 Å². The summed E-state index contributed by atoms with van der Waals surface area (Å²) in [6.07, 6.45) is 3.50. The van der Waals surface area contributed by atoms with Crippen LogP contribution in [0.4, 0.5) is 0 Å². The maximum Gasteiger partial charge on any atom is 3.00 e. The molecule has 0 unspecified atom stereocenters. The smallest absolute Gasteiger partial charge is 0.358 e. The summed E-state index contributed by atoms with van der Waals surface area (Å²) in [6, 6.07) is 5.72. The zero-order chi connectivity index (χ0) is 12.1. The summed E-state index contributed by atoms with van der Waals surface area (Å²) in [6.45, 7) is 11.0. The Morgan fingerprint density at radius 1 is 0.579 bits per heavy atom. The van der Waals surface area contributed by atoms with Crippen molar-refractivity contribution in [1.82, 2.24) is 4.98 Å². The molecule has 0 aromatic carbocycles. The van der Waals surface area contributed by atoms with Crippen LogP contribution in [0.2, 0.25) is 0 Å². The van der Waals surface area contributed by atoms with E-state index in [1.165, 1.54) is 29.6 Å². The molecule has 0 spiro atoms. The van der Waals surface area contributed by atoms with Crippen LogP contribution in [0.15, 0.2) is 30.6 Å². The molecule has 0 bridgehead atoms. The van der Waals surface area contributed by atoms with E-state index in [1.54, 1.807) is 12.4 Å². The monoisotopic (exact) mass is 296 g/mol. The van der Waals surface area contributed by atoms with Crippen molar-refractivity contribution in [2.75, 3.05) is 0 Å². The molecule has 19 heavy (non-hydrogen) atoms. The number of pyridine rings is 1. The molecule has 0 N–H and O–H groups in total. The Hall–Kier alpha value is -0.318. The van der Waals surface area contributed by atoms with E-state index in [0.717, 1.165) is 0 Å². The van der Waals surface area contributed by atoms with Gasteiger partial charge in [0.15, 0.2) is 0 Å². The summed E-state index contributed by atoms with van der Waals surface area (Å²) in [5.41, 5.74) is 0. The Morgan fingerprint density at radius 2 is 0.842 bits per heavy atom. The molecule has 1 aromatic rings. The van der Waals surface area contributed by atoms with Crippen molar-refractivity contribution in [3.05, 3.63) is 75.0 Å². The quantitative estimate of drug-likeness (QED) is 0.617. The maximum absolute atomic E-state index is 3.78. The SMILES string of the molecule is C[C]1[C](C)[C](C)[C](C)[C]1C.[CH3-].[CH3-].[Cr+3].c1ccncc1. The molecule has 1 nitrogen and oxygen atoms in total. The van der Waals surface area contributed by atoms with Crippen LogP contribution in [-0.4, -0.2) is 4.98 Å². The van der Waals surface area contributed by atoms with Gasteiger partial charge in [0.25, 0.3) is 0 Å². The molecule has 104 valence electrons. The third kappa shape index (κ3) is 6.59. The van der Waals surface area contributed by atoms with Gasteiger partial charge in [-0.25, -0.2) is 0 Å². The standard InChI is InChI=1S/C10H15.C5H5N.2CH3.Cr/c1-6-7(2)9(4)10(5)8(6)3;1-2-4-6-5-3-1;;;/h1-5H3;1-5H;2*1H3;/q;;2*-1;+3. The summed E-state index contributed by atoms with van der Waals surface area (Å²) >= 11 is 0. The third-order valence-corrected chi connectivity index (χ3v) is 3.38. The maximum atomic E-state index is 3.78. The molecule has 0 aliphatic heterocycles. The molecular weight excluding hydrogens is 270 g/mol. The Balaban J connectivity index is -0.000000252. The second-order valence-corrected chi connectivity index (χ2v) is 4.15. The summed E-state index contributed by atoms with van der Waals surface area (Å²) < 4.78 is 0. The Bertz CT molecular complexity index is 217. The first-order valence-corrected chi connectivity index (χ1v) is 5.60. The molecule has 0 saturated heterocycles. The van der Waals surface area contributed by atoms with Crippen LogP contribution in [0, 0.1) is 44.4 Å². The van der Waals surface area contributed by atoms with Gasteiger partial charge in [0, 0.05) is 12.4 Å². The van der Waals surface area contributed by atoms with Gasteiger partial charge in [-0.15, -0.1) is 0 Å². The fourth-order valence-corrected chi connectivity index (χ4v) is 1.72. The predicted molar refractivity (Wildman–Crippen MR) is 81.7 cm³/mol. The summed E-state index contributed by atoms with van der Waals surface area (Å²) in [5.74, 6) is 7.34. The van der Waals surface area contributed by atoms with E-state index in [4.69, 9.17) is 0 Å². The molecule has 1 aromatic heterocycles. The summed E-state index contributed by atoms with van der Waals surface area (Å²) in [7, 11) is 0. The van der Waals surface area contributed by atoms with Crippen LogP contribution in [0.5, 0.6) is 0 Å². The topological polar surface area (TPSA) is 12.9 Å². The number of rotatable bonds is 0. The molecule has 1 fully saturated rings. The molecular formula is C17H26CrN+. The van der Waals surface area contributed by atoms with Crippen LogP contribution < -0.4 is 0 Å². The van der Waals surface area contributed by atoms with Gasteiger partial charge in [-0.1, -0.05) is 40.7 Å². The Morgan fingerprint density at radius 3 is 0.947 bits per heavy atom. The molecule has 1 aliphatic rings. The molecule has 0 amide bonds. The van der Waals surface area contributed by atoms with Crippen molar-refractivity contribution >= 4 is 0 Å². The average molecular weight is 296 g/mol. The minimum atomic E-state index is 0. The number of hydrogen-bond acceptors (Lipinski definition) is 1. The molecule has 1 aliphatic carbocycles. The van der Waals surface area contributed by atoms with Crippen LogP contribution in [-0.2, 0) is 17.4 Å². The Labute approximate surface area is 132 Å². The summed E-state index contributed by atoms with van der Waals surface area (Å²) in [5, 5.41) is 0. The van der Waals surface area contributed by atoms with E-state index in [1.807, 2.05) is 18.2 Å². The zero-order valence-electron chi connectivity index (χ0n) is 13.2. The van der Waals surface area contributed by atoms with Crippen molar-refractivity contribution in [2.24, 2.45) is 0 Å². The zero-order valence-corrected chi connectivity index (χ0v) is 14.5. The van der Waals surface area contributed by atoms with E-state index in [9.17, 15) is 0 Å². The number of nitrogens with zero attached hydrogens (tertiary/aromatic N) is 1. The molecule has 1 saturated carbocycles. The normalized spacial score (nSPS) is 17.5. The van der Waals surface area contributed by atoms with E-state index in [-0.39, 0.29) is 32.2 Å². The minimum Gasteiger partial charge on any atom is -0.358 e. The van der Waals surface area contributed by atoms with Gasteiger partial charge in [-0.05, 0) is 41.7 Å². The van der Waals surface area contributed by atoms with Gasteiger partial charge in [0.2, 0.25) is 0 Å². The predicted octanol–water partition coefficient (Wildman–Crippen LogP) is 4.95. The molecule has 0 atom stereocenters. The van der Waals surface area contributed by atoms with Crippen LogP contribution in [0.1, 0.15) is 34.6 Å². The van der Waals surface area contributed by atoms with Gasteiger partial charge in [-0.2, -0.15) is 0 Å². The van der Waals surface area contributed by atoms with Crippen LogP contribution in [0.25, 0.3) is 0 Å². The molecule has 2 rings (SSSR count). The van der Waals surface area contributed by atoms with Gasteiger partial charge in [-0.3, -0.25) is 4.98 Å². The largest absolute Gasteiger partial charge is 3.00 e. The van der Waals surface area contributed by atoms with Gasteiger partial charge >= 0.3 is 17.4 Å². The van der Waals surface area contributed by atoms with Crippen molar-refractivity contribution < 1.29 is 17.4 Å². The molecule has 6 radical (unpaired) electrons. The van der Waals surface area contributed by atoms with Crippen LogP contribution >= 0.6 is 0 Å². The fourth-order valence-electron chi connectivity index (χ4n) is 1.72. The summed E-state index contributed by atoms with van der Waals surface area (Å²) in [4.78, 5) is 3.78. The van der Waals surface area contributed by atoms with E-state index in [0.29, 0.717) is 0 Å². The minimum absolute atomic E-state index is 0. The van der Waals surface area contributed by atoms with Crippen LogP contribution in [0.3, 0.4) is 0 Å². The van der Waals surface area contributed by atoms with Crippen molar-refractivity contribution in [1.29, 1.82) is 0 Å². The van der Waals surface area contributed by atoms with Gasteiger partial charge in [0.1, 0.15) is 0 Å². The average Bonchev–Trinajstić information content (AvgIpc) is 2.51. The van der Waals surface area contributed by atoms with E-state index in [2.05, 4.69) is 39.6 Å². The van der Waals surface area contributed by atoms with E-state index >= 15 is 0 Å². The molecule has 2 heteroatoms. The van der Waals surface area contributed by atoms with Gasteiger partial charge < -0.3 is 14.9 Å². The second-order valence-electron chi connectivity index (χ2n) is 4.15. The fraction of sp³-hybridized carbons (Fsp3) is 0.294. The molecule has 1 heterocycles. The number of aromatic nitrogens is 1. The third-order valence-electron chi connectivity index (χ3n) is 3.38. The van der Waals surface area contributed by atoms with E-state index < -0.39 is 0 Å². The number of hydrogen-bond donors (Lipinski definition) is 0.